The first-order chi connectivity index (χ1) is 53.1. The van der Waals surface area contributed by atoms with Crippen LogP contribution in [0.1, 0.15) is 366 Å². The summed E-state index contributed by atoms with van der Waals surface area (Å²) in [6.07, 6.45) is 0. The van der Waals surface area contributed by atoms with Crippen molar-refractivity contribution in [1.29, 1.82) is 0 Å². The van der Waals surface area contributed by atoms with E-state index in [0.29, 0.717) is 0 Å². The Balaban J connectivity index is 1.76. The summed E-state index contributed by atoms with van der Waals surface area (Å²) >= 11 is 17.3. The van der Waals surface area contributed by atoms with Gasteiger partial charge in [-0.1, -0.05) is 339 Å². The maximum Gasteiger partial charge on any atom is 0.530 e. The maximum atomic E-state index is 9.16. The maximum absolute atomic E-state index is 9.16. The van der Waals surface area contributed by atoms with Gasteiger partial charge in [-0.2, -0.15) is 0 Å². The van der Waals surface area contributed by atoms with Crippen LogP contribution in [-0.4, -0.2) is 0 Å². The van der Waals surface area contributed by atoms with E-state index in [1.54, 1.807) is 0 Å². The van der Waals surface area contributed by atoms with Gasteiger partial charge in [-0.05, 0) is 279 Å². The van der Waals surface area contributed by atoms with Gasteiger partial charge in [0.1, 0.15) is 17.2 Å². The lowest BCUT2D eigenvalue weighted by Crippen LogP contribution is -2.27. The zero-order chi connectivity index (χ0) is 89.8. The minimum atomic E-state index is -2.78. The molecule has 0 heterocycles. The van der Waals surface area contributed by atoms with Gasteiger partial charge >= 0.3 is 8.60 Å². The fourth-order valence-corrected chi connectivity index (χ4v) is 21.1. The third-order valence-corrected chi connectivity index (χ3v) is 25.9. The molecule has 3 nitrogen and oxygen atoms in total. The van der Waals surface area contributed by atoms with Crippen LogP contribution >= 0.6 is 46.5 Å². The highest BCUT2D eigenvalue weighted by Crippen LogP contribution is 2.65. The van der Waals surface area contributed by atoms with Gasteiger partial charge in [0, 0.05) is 48.1 Å². The molecule has 0 bridgehead atoms. The van der Waals surface area contributed by atoms with Crippen LogP contribution in [-0.2, 0) is 65.0 Å². The number of rotatable bonds is 12. The third-order valence-electron chi connectivity index (χ3n) is 23.8. The summed E-state index contributed by atoms with van der Waals surface area (Å²) in [5.74, 6) is 2.25. The quantitative estimate of drug-likeness (QED) is 0.0841. The lowest BCUT2D eigenvalue weighted by Gasteiger charge is -2.41. The highest BCUT2D eigenvalue weighted by Gasteiger charge is 2.47. The van der Waals surface area contributed by atoms with Crippen molar-refractivity contribution >= 4 is 46.5 Å². The summed E-state index contributed by atoms with van der Waals surface area (Å²) in [4.78, 5) is 2.76. The van der Waals surface area contributed by atoms with E-state index in [2.05, 4.69) is 403 Å². The molecule has 118 heavy (non-hydrogen) atoms. The normalized spacial score (nSPS) is 13.5. The fraction of sp³-hybridized carbons (Fsp3) is 0.514. The Bertz CT molecular complexity index is 4870. The summed E-state index contributed by atoms with van der Waals surface area (Å²) in [5.41, 5.74) is 32.6. The van der Waals surface area contributed by atoms with Gasteiger partial charge in [0.15, 0.2) is 0 Å². The van der Waals surface area contributed by atoms with Crippen LogP contribution in [0.2, 0.25) is 0 Å². The second-order valence-electron chi connectivity index (χ2n) is 47.6. The minimum absolute atomic E-state index is 0.287. The second-order valence-corrected chi connectivity index (χ2v) is 50.1. The van der Waals surface area contributed by atoms with Crippen LogP contribution in [0.4, 0.5) is 0 Å². The molecule has 0 saturated heterocycles. The highest BCUT2D eigenvalue weighted by molar-refractivity contribution is 7.80. The van der Waals surface area contributed by atoms with Crippen LogP contribution < -0.4 is 13.6 Å². The molecule has 9 aromatic carbocycles. The van der Waals surface area contributed by atoms with Crippen molar-refractivity contribution in [3.8, 4) is 84.0 Å². The number of thiol groups is 3. The van der Waals surface area contributed by atoms with Crippen molar-refractivity contribution in [3.05, 3.63) is 208 Å². The fourth-order valence-electron chi connectivity index (χ4n) is 18.7. The molecule has 0 unspecified atom stereocenters. The van der Waals surface area contributed by atoms with Gasteiger partial charge < -0.3 is 13.6 Å². The number of aryl methyl sites for hydroxylation is 6. The third kappa shape index (κ3) is 19.1. The van der Waals surface area contributed by atoms with Gasteiger partial charge in [-0.15, -0.1) is 37.9 Å². The van der Waals surface area contributed by atoms with Crippen LogP contribution in [0.15, 0.2) is 106 Å². The van der Waals surface area contributed by atoms with Crippen molar-refractivity contribution in [1.82, 2.24) is 0 Å². The first-order valence-electron chi connectivity index (χ1n) is 43.5. The first-order valence-corrected chi connectivity index (χ1v) is 45.9. The van der Waals surface area contributed by atoms with Gasteiger partial charge in [-0.25, -0.2) is 0 Å². The SMILES string of the molecule is Cc1ccc(-c2c(C)c(-c3c(S)cc(C)cc3C(C)(C)C)c(C(C)(C)C)c(OP(Oc3c(C(C)(C)C)c(-c4ccc(C)cc4C(C)(C)C)c(C)c(-c4c(S)cc(C)cc4C(C)(C)C)c3C(C)(C)C)Oc3c(C(C)(C)C)c(-c4ccc(C)cc4C(C)(C)C)c(C)c(-c4c(S)cc(C)cc4C(C)(C)C)c3C(C)(C)C)c2C(C)(C)C)c(C(C)(C)C)c1. The Hall–Kier alpha value is -6.14. The van der Waals surface area contributed by atoms with Gasteiger partial charge in [0.05, 0.1) is 0 Å². The zero-order valence-electron chi connectivity index (χ0n) is 82.2. The van der Waals surface area contributed by atoms with E-state index in [4.69, 9.17) is 51.5 Å². The smallest absolute Gasteiger partial charge is 0.408 e. The molecular formula is C111H153O3PS3. The lowest BCUT2D eigenvalue weighted by molar-refractivity contribution is 0.358. The monoisotopic (exact) mass is 1660 g/mol. The van der Waals surface area contributed by atoms with Gasteiger partial charge in [-0.3, -0.25) is 0 Å². The van der Waals surface area contributed by atoms with E-state index in [1.165, 1.54) is 83.5 Å². The molecule has 0 atom stereocenters. The standard InChI is InChI=1S/C111H153O3PS3/c1-61-46-49-70(73(52-61)100(10,11)12)82-67(7)85(88-76(103(19,20)21)55-64(4)58-79(88)116)94(109(37,38)39)97(91(82)106(28,29)30)112-115(113-98-92(107(31,32)33)83(71-50-47-62(2)53-74(71)101(13,14)15)68(8)86(95(98)110(40,41)42)89-77(104(22,23)24)56-65(5)59-80(89)117)114-99-93(108(34,35)36)84(72-51-48-63(3)54-75(72)102(16,17)18)69(9)87(96(99)111(43,44)45)90-78(105(25,26)27)57-66(6)60-81(90)118/h46-60,116-118H,1-45H3. The summed E-state index contributed by atoms with van der Waals surface area (Å²) in [6.45, 7) is 106. The van der Waals surface area contributed by atoms with E-state index in [9.17, 15) is 0 Å². The molecule has 7 heteroatoms. The summed E-state index contributed by atoms with van der Waals surface area (Å²) in [5, 5.41) is 0. The Labute approximate surface area is 737 Å². The molecule has 0 saturated carbocycles. The topological polar surface area (TPSA) is 27.7 Å². The lowest BCUT2D eigenvalue weighted by atomic mass is 9.68. The van der Waals surface area contributed by atoms with Gasteiger partial charge in [0.25, 0.3) is 0 Å². The molecule has 0 fully saturated rings. The van der Waals surface area contributed by atoms with Crippen molar-refractivity contribution in [3.63, 3.8) is 0 Å². The molecule has 0 N–H and O–H groups in total. The summed E-state index contributed by atoms with van der Waals surface area (Å²) in [7, 11) is -2.78. The van der Waals surface area contributed by atoms with Crippen molar-refractivity contribution in [2.75, 3.05) is 0 Å². The minimum Gasteiger partial charge on any atom is -0.408 e. The number of hydrogen-bond donors (Lipinski definition) is 3. The zero-order valence-corrected chi connectivity index (χ0v) is 85.8. The average Bonchev–Trinajstić information content (AvgIpc) is 0.713. The average molecular weight is 1660 g/mol. The molecular weight excluding hydrogens is 1510 g/mol. The van der Waals surface area contributed by atoms with Crippen LogP contribution in [0, 0.1) is 62.3 Å². The Morgan fingerprint density at radius 3 is 0.534 bits per heavy atom. The van der Waals surface area contributed by atoms with E-state index >= 15 is 0 Å². The molecule has 9 aromatic rings. The molecule has 9 rings (SSSR count). The number of hydrogen-bond acceptors (Lipinski definition) is 6. The molecule has 638 valence electrons. The van der Waals surface area contributed by atoms with E-state index in [1.807, 2.05) is 0 Å². The van der Waals surface area contributed by atoms with E-state index < -0.39 is 41.1 Å². The summed E-state index contributed by atoms with van der Waals surface area (Å²) in [6, 6.07) is 35.5. The molecule has 0 aliphatic rings. The van der Waals surface area contributed by atoms with Crippen LogP contribution in [0.3, 0.4) is 0 Å². The first kappa shape index (κ1) is 95.7. The largest absolute Gasteiger partial charge is 0.530 e. The van der Waals surface area contributed by atoms with E-state index in [-0.39, 0.29) is 32.5 Å². The molecule has 0 aliphatic carbocycles. The number of benzene rings is 9. The van der Waals surface area contributed by atoms with Crippen LogP contribution in [0.5, 0.6) is 17.2 Å². The predicted octanol–water partition coefficient (Wildman–Crippen LogP) is 34.7. The highest BCUT2D eigenvalue weighted by atomic mass is 32.1. The van der Waals surface area contributed by atoms with Gasteiger partial charge in [0.2, 0.25) is 0 Å². The van der Waals surface area contributed by atoms with Crippen LogP contribution in [0.25, 0.3) is 66.8 Å². The second kappa shape index (κ2) is 32.2. The van der Waals surface area contributed by atoms with Crippen molar-refractivity contribution in [2.24, 2.45) is 0 Å². The Morgan fingerprint density at radius 1 is 0.195 bits per heavy atom. The molecule has 0 radical (unpaired) electrons. The van der Waals surface area contributed by atoms with Crippen molar-refractivity contribution in [2.45, 2.75) is 391 Å². The summed E-state index contributed by atoms with van der Waals surface area (Å²) < 4.78 is 27.5. The van der Waals surface area contributed by atoms with Crippen molar-refractivity contribution < 1.29 is 13.6 Å². The molecule has 0 spiro atoms. The Morgan fingerprint density at radius 2 is 0.364 bits per heavy atom. The van der Waals surface area contributed by atoms with E-state index in [0.717, 1.165) is 132 Å². The molecule has 0 aliphatic heterocycles. The predicted molar refractivity (Wildman–Crippen MR) is 530 cm³/mol. The molecule has 0 amide bonds. The molecule has 0 aromatic heterocycles. The Kier molecular flexibility index (Phi) is 26.1.